The summed E-state index contributed by atoms with van der Waals surface area (Å²) in [5.74, 6) is -1.81. The predicted octanol–water partition coefficient (Wildman–Crippen LogP) is 2.46. The molecule has 0 aliphatic rings. The van der Waals surface area contributed by atoms with Gasteiger partial charge in [-0.3, -0.25) is 4.79 Å². The second-order valence-corrected chi connectivity index (χ2v) is 4.85. The Hall–Kier alpha value is -2.54. The number of phenolic OH excluding ortho intramolecular Hbond substituents is 1. The fraction of sp³-hybridized carbons (Fsp3) is 0.0714. The fourth-order valence-electron chi connectivity index (χ4n) is 1.69. The number of rotatable bonds is 4. The molecule has 0 radical (unpaired) electrons. The quantitative estimate of drug-likeness (QED) is 0.592. The van der Waals surface area contributed by atoms with Gasteiger partial charge in [0.15, 0.2) is 0 Å². The lowest BCUT2D eigenvalue weighted by Gasteiger charge is -2.10. The van der Waals surface area contributed by atoms with Crippen molar-refractivity contribution in [3.05, 3.63) is 47.7 Å². The van der Waals surface area contributed by atoms with Crippen molar-refractivity contribution in [1.29, 1.82) is 0 Å². The fourth-order valence-corrected chi connectivity index (χ4v) is 2.23. The highest BCUT2D eigenvalue weighted by Crippen LogP contribution is 2.26. The second-order valence-electron chi connectivity index (χ2n) is 4.05. The summed E-state index contributed by atoms with van der Waals surface area (Å²) in [7, 11) is 0. The maximum Gasteiger partial charge on any atom is 0.335 e. The van der Waals surface area contributed by atoms with Gasteiger partial charge in [0, 0.05) is 6.20 Å². The third-order valence-electron chi connectivity index (χ3n) is 2.70. The third-order valence-corrected chi connectivity index (χ3v) is 3.41. The van der Waals surface area contributed by atoms with Crippen LogP contribution in [0.2, 0.25) is 0 Å². The number of aromatic carboxylic acids is 1. The van der Waals surface area contributed by atoms with Gasteiger partial charge in [0.2, 0.25) is 0 Å². The number of nitrogens with one attached hydrogen (secondary N) is 1. The van der Waals surface area contributed by atoms with E-state index in [0.29, 0.717) is 10.6 Å². The molecule has 0 aliphatic heterocycles. The average molecular weight is 304 g/mol. The van der Waals surface area contributed by atoms with Crippen LogP contribution in [-0.2, 0) is 0 Å². The van der Waals surface area contributed by atoms with Crippen LogP contribution in [0, 0.1) is 0 Å². The SMILES string of the molecule is CSc1ncccc1C(=O)Nc1cc(C(=O)O)ccc1O. The molecule has 0 saturated heterocycles. The van der Waals surface area contributed by atoms with E-state index in [4.69, 9.17) is 5.11 Å². The van der Waals surface area contributed by atoms with Gasteiger partial charge in [-0.25, -0.2) is 9.78 Å². The predicted molar refractivity (Wildman–Crippen MR) is 79.0 cm³/mol. The normalized spacial score (nSPS) is 10.1. The van der Waals surface area contributed by atoms with Gasteiger partial charge in [-0.15, -0.1) is 11.8 Å². The Balaban J connectivity index is 2.31. The molecule has 0 aliphatic carbocycles. The number of phenols is 1. The first-order valence-corrected chi connectivity index (χ1v) is 7.12. The van der Waals surface area contributed by atoms with Crippen molar-refractivity contribution < 1.29 is 19.8 Å². The monoisotopic (exact) mass is 304 g/mol. The number of aromatic hydroxyl groups is 1. The van der Waals surface area contributed by atoms with Crippen molar-refractivity contribution in [3.63, 3.8) is 0 Å². The molecule has 7 heteroatoms. The van der Waals surface area contributed by atoms with Gasteiger partial charge in [-0.2, -0.15) is 0 Å². The van der Waals surface area contributed by atoms with Crippen LogP contribution in [0.25, 0.3) is 0 Å². The number of benzene rings is 1. The first kappa shape index (κ1) is 14.9. The number of carbonyl (C=O) groups excluding carboxylic acids is 1. The van der Waals surface area contributed by atoms with Crippen molar-refractivity contribution in [3.8, 4) is 5.75 Å². The van der Waals surface area contributed by atoms with Crippen LogP contribution in [0.15, 0.2) is 41.6 Å². The molecular weight excluding hydrogens is 292 g/mol. The number of carbonyl (C=O) groups is 2. The first-order chi connectivity index (χ1) is 10.0. The Morgan fingerprint density at radius 1 is 1.29 bits per heavy atom. The summed E-state index contributed by atoms with van der Waals surface area (Å²) < 4.78 is 0. The van der Waals surface area contributed by atoms with Crippen molar-refractivity contribution in [2.24, 2.45) is 0 Å². The van der Waals surface area contributed by atoms with Crippen molar-refractivity contribution in [2.75, 3.05) is 11.6 Å². The molecule has 1 amide bonds. The smallest absolute Gasteiger partial charge is 0.335 e. The molecule has 2 aromatic rings. The zero-order valence-electron chi connectivity index (χ0n) is 11.0. The summed E-state index contributed by atoms with van der Waals surface area (Å²) in [5.41, 5.74) is 0.361. The zero-order chi connectivity index (χ0) is 15.4. The number of nitrogens with zero attached hydrogens (tertiary/aromatic N) is 1. The van der Waals surface area contributed by atoms with Crippen LogP contribution in [-0.4, -0.2) is 33.3 Å². The number of anilines is 1. The van der Waals surface area contributed by atoms with E-state index in [-0.39, 0.29) is 17.0 Å². The Kier molecular flexibility index (Phi) is 4.44. The standard InChI is InChI=1S/C14H12N2O4S/c1-21-13-9(3-2-6-15-13)12(18)16-10-7-8(14(19)20)4-5-11(10)17/h2-7,17H,1H3,(H,16,18)(H,19,20). The number of carboxylic acids is 1. The number of thioether (sulfide) groups is 1. The molecule has 0 spiro atoms. The van der Waals surface area contributed by atoms with E-state index >= 15 is 0 Å². The number of hydrogen-bond acceptors (Lipinski definition) is 5. The molecule has 21 heavy (non-hydrogen) atoms. The molecule has 1 heterocycles. The van der Waals surface area contributed by atoms with E-state index in [1.807, 2.05) is 0 Å². The van der Waals surface area contributed by atoms with Gasteiger partial charge < -0.3 is 15.5 Å². The third kappa shape index (κ3) is 3.32. The molecule has 0 fully saturated rings. The van der Waals surface area contributed by atoms with E-state index in [9.17, 15) is 14.7 Å². The summed E-state index contributed by atoms with van der Waals surface area (Å²) in [6.45, 7) is 0. The minimum atomic E-state index is -1.14. The van der Waals surface area contributed by atoms with Gasteiger partial charge in [-0.05, 0) is 36.6 Å². The summed E-state index contributed by atoms with van der Waals surface area (Å²) in [5, 5.41) is 21.7. The van der Waals surface area contributed by atoms with Crippen LogP contribution in [0.1, 0.15) is 20.7 Å². The van der Waals surface area contributed by atoms with Crippen molar-refractivity contribution in [2.45, 2.75) is 5.03 Å². The number of hydrogen-bond donors (Lipinski definition) is 3. The van der Waals surface area contributed by atoms with E-state index < -0.39 is 11.9 Å². The van der Waals surface area contributed by atoms with E-state index in [2.05, 4.69) is 10.3 Å². The average Bonchev–Trinajstić information content (AvgIpc) is 2.49. The topological polar surface area (TPSA) is 99.5 Å². The van der Waals surface area contributed by atoms with Gasteiger partial charge in [0.25, 0.3) is 5.91 Å². The van der Waals surface area contributed by atoms with Gasteiger partial charge in [0.1, 0.15) is 10.8 Å². The van der Waals surface area contributed by atoms with Crippen LogP contribution < -0.4 is 5.32 Å². The van der Waals surface area contributed by atoms with E-state index in [1.54, 1.807) is 24.6 Å². The Labute approximate surface area is 124 Å². The lowest BCUT2D eigenvalue weighted by Crippen LogP contribution is -2.14. The Morgan fingerprint density at radius 3 is 2.71 bits per heavy atom. The van der Waals surface area contributed by atoms with Crippen molar-refractivity contribution >= 4 is 29.3 Å². The number of pyridine rings is 1. The summed E-state index contributed by atoms with van der Waals surface area (Å²) in [4.78, 5) is 27.2. The van der Waals surface area contributed by atoms with Crippen LogP contribution in [0.5, 0.6) is 5.75 Å². The van der Waals surface area contributed by atoms with Gasteiger partial charge in [0.05, 0.1) is 16.8 Å². The highest BCUT2D eigenvalue weighted by Gasteiger charge is 2.15. The van der Waals surface area contributed by atoms with Crippen LogP contribution in [0.3, 0.4) is 0 Å². The zero-order valence-corrected chi connectivity index (χ0v) is 11.8. The summed E-state index contributed by atoms with van der Waals surface area (Å²) in [6, 6.07) is 6.90. The molecule has 6 nitrogen and oxygen atoms in total. The lowest BCUT2D eigenvalue weighted by atomic mass is 10.1. The largest absolute Gasteiger partial charge is 0.506 e. The molecule has 108 valence electrons. The lowest BCUT2D eigenvalue weighted by molar-refractivity contribution is 0.0696. The molecule has 0 atom stereocenters. The van der Waals surface area contributed by atoms with E-state index in [1.165, 1.54) is 30.0 Å². The molecule has 0 unspecified atom stereocenters. The van der Waals surface area contributed by atoms with Crippen LogP contribution in [0.4, 0.5) is 5.69 Å². The molecule has 1 aromatic carbocycles. The molecule has 2 rings (SSSR count). The maximum absolute atomic E-state index is 12.2. The van der Waals surface area contributed by atoms with E-state index in [0.717, 1.165) is 0 Å². The number of amides is 1. The highest BCUT2D eigenvalue weighted by atomic mass is 32.2. The Morgan fingerprint density at radius 2 is 2.05 bits per heavy atom. The first-order valence-electron chi connectivity index (χ1n) is 5.89. The molecular formula is C14H12N2O4S. The summed E-state index contributed by atoms with van der Waals surface area (Å²) in [6.07, 6.45) is 3.37. The minimum absolute atomic E-state index is 0.0284. The second kappa shape index (κ2) is 6.27. The van der Waals surface area contributed by atoms with Gasteiger partial charge in [-0.1, -0.05) is 0 Å². The molecule has 0 saturated carbocycles. The molecule has 0 bridgehead atoms. The maximum atomic E-state index is 12.2. The highest BCUT2D eigenvalue weighted by molar-refractivity contribution is 7.98. The molecule has 3 N–H and O–H groups in total. The minimum Gasteiger partial charge on any atom is -0.506 e. The number of carboxylic acid groups (broad SMARTS) is 1. The van der Waals surface area contributed by atoms with Crippen molar-refractivity contribution in [1.82, 2.24) is 4.98 Å². The molecule has 1 aromatic heterocycles. The van der Waals surface area contributed by atoms with Crippen LogP contribution >= 0.6 is 11.8 Å². The van der Waals surface area contributed by atoms with Gasteiger partial charge >= 0.3 is 5.97 Å². The number of aromatic nitrogens is 1. The Bertz CT molecular complexity index is 703. The summed E-state index contributed by atoms with van der Waals surface area (Å²) >= 11 is 1.32.